The van der Waals surface area contributed by atoms with E-state index >= 15 is 0 Å². The van der Waals surface area contributed by atoms with Gasteiger partial charge in [-0.15, -0.1) is 0 Å². The summed E-state index contributed by atoms with van der Waals surface area (Å²) in [4.78, 5) is 14.6. The van der Waals surface area contributed by atoms with Crippen molar-refractivity contribution in [3.63, 3.8) is 0 Å². The highest BCUT2D eigenvalue weighted by atomic mass is 16.5. The van der Waals surface area contributed by atoms with Gasteiger partial charge in [0.1, 0.15) is 11.8 Å². The van der Waals surface area contributed by atoms with Crippen LogP contribution in [0.2, 0.25) is 0 Å². The lowest BCUT2D eigenvalue weighted by molar-refractivity contribution is -0.118. The average molecular weight is 311 g/mol. The number of carbonyl (C=O) groups excluding carboxylic acids is 1. The summed E-state index contributed by atoms with van der Waals surface area (Å²) in [6.07, 6.45) is 0. The number of ether oxygens (including phenoxy) is 1. The Morgan fingerprint density at radius 2 is 1.91 bits per heavy atom. The molecule has 1 heterocycles. The lowest BCUT2D eigenvalue weighted by atomic mass is 10.1. The number of piperazine rings is 1. The largest absolute Gasteiger partial charge is 0.497 e. The third-order valence-electron chi connectivity index (χ3n) is 3.97. The summed E-state index contributed by atoms with van der Waals surface area (Å²) in [6, 6.07) is 17.2. The van der Waals surface area contributed by atoms with E-state index < -0.39 is 0 Å². The van der Waals surface area contributed by atoms with Crippen molar-refractivity contribution in [2.75, 3.05) is 37.0 Å². The molecular formula is C18H21N3O2. The number of benzene rings is 2. The summed E-state index contributed by atoms with van der Waals surface area (Å²) in [5.41, 5.74) is 1.92. The highest BCUT2D eigenvalue weighted by molar-refractivity contribution is 5.95. The fraction of sp³-hybridized carbons (Fsp3) is 0.278. The Bertz CT molecular complexity index is 643. The molecule has 2 aromatic rings. The minimum Gasteiger partial charge on any atom is -0.497 e. The molecule has 1 saturated heterocycles. The highest BCUT2D eigenvalue weighted by Crippen LogP contribution is 2.20. The lowest BCUT2D eigenvalue weighted by Crippen LogP contribution is -2.55. The molecule has 0 saturated carbocycles. The number of methoxy groups -OCH3 is 1. The highest BCUT2D eigenvalue weighted by Gasteiger charge is 2.25. The Morgan fingerprint density at radius 1 is 1.17 bits per heavy atom. The molecule has 0 aliphatic carbocycles. The van der Waals surface area contributed by atoms with Gasteiger partial charge in [-0.05, 0) is 36.4 Å². The van der Waals surface area contributed by atoms with Crippen LogP contribution in [0.25, 0.3) is 0 Å². The topological polar surface area (TPSA) is 53.6 Å². The first-order chi connectivity index (χ1) is 11.3. The fourth-order valence-electron chi connectivity index (χ4n) is 2.70. The van der Waals surface area contributed by atoms with Crippen molar-refractivity contribution < 1.29 is 9.53 Å². The molecule has 1 aliphatic rings. The molecule has 120 valence electrons. The van der Waals surface area contributed by atoms with Crippen molar-refractivity contribution in [2.24, 2.45) is 0 Å². The van der Waals surface area contributed by atoms with Crippen LogP contribution in [0, 0.1) is 0 Å². The Hall–Kier alpha value is -2.53. The Labute approximate surface area is 136 Å². The number of hydrogen-bond acceptors (Lipinski definition) is 4. The van der Waals surface area contributed by atoms with Gasteiger partial charge in [-0.3, -0.25) is 4.79 Å². The van der Waals surface area contributed by atoms with Gasteiger partial charge in [0.15, 0.2) is 0 Å². The van der Waals surface area contributed by atoms with Gasteiger partial charge in [-0.2, -0.15) is 0 Å². The molecule has 0 radical (unpaired) electrons. The molecule has 3 rings (SSSR count). The summed E-state index contributed by atoms with van der Waals surface area (Å²) in [6.45, 7) is 2.30. The predicted octanol–water partition coefficient (Wildman–Crippen LogP) is 2.11. The Balaban J connectivity index is 1.64. The van der Waals surface area contributed by atoms with E-state index in [0.717, 1.165) is 30.2 Å². The fourth-order valence-corrected chi connectivity index (χ4v) is 2.70. The first-order valence-electron chi connectivity index (χ1n) is 7.74. The van der Waals surface area contributed by atoms with Gasteiger partial charge in [0.25, 0.3) is 0 Å². The third-order valence-corrected chi connectivity index (χ3v) is 3.97. The number of anilines is 2. The van der Waals surface area contributed by atoms with Crippen molar-refractivity contribution in [3.8, 4) is 5.75 Å². The number of rotatable bonds is 4. The second kappa shape index (κ2) is 7.15. The van der Waals surface area contributed by atoms with E-state index in [4.69, 9.17) is 4.74 Å². The molecule has 5 heteroatoms. The number of carbonyl (C=O) groups is 1. The summed E-state index contributed by atoms with van der Waals surface area (Å²) in [5, 5.41) is 6.24. The van der Waals surface area contributed by atoms with Crippen LogP contribution in [0.4, 0.5) is 11.4 Å². The first kappa shape index (κ1) is 15.4. The summed E-state index contributed by atoms with van der Waals surface area (Å²) < 4.78 is 5.19. The molecule has 0 aromatic heterocycles. The van der Waals surface area contributed by atoms with E-state index in [-0.39, 0.29) is 11.9 Å². The maximum Gasteiger partial charge on any atom is 0.243 e. The molecule has 2 aromatic carbocycles. The maximum atomic E-state index is 12.4. The van der Waals surface area contributed by atoms with E-state index in [1.54, 1.807) is 7.11 Å². The number of hydrogen-bond donors (Lipinski definition) is 2. The van der Waals surface area contributed by atoms with Crippen molar-refractivity contribution in [3.05, 3.63) is 54.6 Å². The smallest absolute Gasteiger partial charge is 0.243 e. The normalized spacial score (nSPS) is 17.6. The van der Waals surface area contributed by atoms with Crippen LogP contribution >= 0.6 is 0 Å². The Morgan fingerprint density at radius 3 is 2.61 bits per heavy atom. The number of nitrogens with one attached hydrogen (secondary N) is 2. The molecule has 0 bridgehead atoms. The lowest BCUT2D eigenvalue weighted by Gasteiger charge is -2.34. The minimum atomic E-state index is -0.231. The molecule has 1 atom stereocenters. The second-order valence-electron chi connectivity index (χ2n) is 5.51. The standard InChI is InChI=1S/C18H21N3O2/c1-23-16-9-7-15(8-10-16)21-12-11-19-17(13-21)18(22)20-14-5-3-2-4-6-14/h2-10,17,19H,11-13H2,1H3,(H,20,22)/t17-/m1/s1. The molecule has 5 nitrogen and oxygen atoms in total. The first-order valence-corrected chi connectivity index (χ1v) is 7.74. The van der Waals surface area contributed by atoms with Gasteiger partial charge in [0.2, 0.25) is 5.91 Å². The van der Waals surface area contributed by atoms with E-state index in [0.29, 0.717) is 6.54 Å². The third kappa shape index (κ3) is 3.81. The van der Waals surface area contributed by atoms with Crippen molar-refractivity contribution in [2.45, 2.75) is 6.04 Å². The number of para-hydroxylation sites is 1. The monoisotopic (exact) mass is 311 g/mol. The SMILES string of the molecule is COc1ccc(N2CCN[C@@H](C(=O)Nc3ccccc3)C2)cc1. The molecule has 23 heavy (non-hydrogen) atoms. The zero-order valence-corrected chi connectivity index (χ0v) is 13.2. The molecule has 1 fully saturated rings. The van der Waals surface area contributed by atoms with Gasteiger partial charge >= 0.3 is 0 Å². The molecular weight excluding hydrogens is 290 g/mol. The van der Waals surface area contributed by atoms with Gasteiger partial charge in [-0.1, -0.05) is 18.2 Å². The summed E-state index contributed by atoms with van der Waals surface area (Å²) in [7, 11) is 1.66. The zero-order valence-electron chi connectivity index (χ0n) is 13.2. The Kier molecular flexibility index (Phi) is 4.78. The van der Waals surface area contributed by atoms with E-state index in [1.165, 1.54) is 0 Å². The predicted molar refractivity (Wildman–Crippen MR) is 92.1 cm³/mol. The molecule has 2 N–H and O–H groups in total. The van der Waals surface area contributed by atoms with Gasteiger partial charge < -0.3 is 20.3 Å². The second-order valence-corrected chi connectivity index (χ2v) is 5.51. The maximum absolute atomic E-state index is 12.4. The molecule has 0 unspecified atom stereocenters. The van der Waals surface area contributed by atoms with Gasteiger partial charge in [-0.25, -0.2) is 0 Å². The van der Waals surface area contributed by atoms with Crippen LogP contribution in [0.5, 0.6) is 5.75 Å². The molecule has 1 aliphatic heterocycles. The summed E-state index contributed by atoms with van der Waals surface area (Å²) in [5.74, 6) is 0.830. The quantitative estimate of drug-likeness (QED) is 0.908. The summed E-state index contributed by atoms with van der Waals surface area (Å²) >= 11 is 0. The van der Waals surface area contributed by atoms with Crippen LogP contribution in [-0.4, -0.2) is 38.7 Å². The van der Waals surface area contributed by atoms with E-state index in [1.807, 2.05) is 54.6 Å². The van der Waals surface area contributed by atoms with Crippen LogP contribution in [0.3, 0.4) is 0 Å². The molecule has 1 amide bonds. The van der Waals surface area contributed by atoms with Crippen molar-refractivity contribution in [1.82, 2.24) is 5.32 Å². The van der Waals surface area contributed by atoms with E-state index in [2.05, 4.69) is 15.5 Å². The zero-order chi connectivity index (χ0) is 16.1. The van der Waals surface area contributed by atoms with Crippen LogP contribution in [0.15, 0.2) is 54.6 Å². The number of nitrogens with zero attached hydrogens (tertiary/aromatic N) is 1. The van der Waals surface area contributed by atoms with Crippen LogP contribution < -0.4 is 20.3 Å². The van der Waals surface area contributed by atoms with E-state index in [9.17, 15) is 4.79 Å². The van der Waals surface area contributed by atoms with Crippen molar-refractivity contribution >= 4 is 17.3 Å². The minimum absolute atomic E-state index is 0.00517. The number of amides is 1. The van der Waals surface area contributed by atoms with Gasteiger partial charge in [0.05, 0.1) is 7.11 Å². The average Bonchev–Trinajstić information content (AvgIpc) is 2.63. The van der Waals surface area contributed by atoms with Crippen LogP contribution in [0.1, 0.15) is 0 Å². The molecule has 0 spiro atoms. The van der Waals surface area contributed by atoms with Gasteiger partial charge in [0, 0.05) is 31.0 Å². The van der Waals surface area contributed by atoms with Crippen molar-refractivity contribution in [1.29, 1.82) is 0 Å². The van der Waals surface area contributed by atoms with Crippen LogP contribution in [-0.2, 0) is 4.79 Å².